The van der Waals surface area contributed by atoms with Crippen molar-refractivity contribution < 1.29 is 27.8 Å². The van der Waals surface area contributed by atoms with Gasteiger partial charge in [-0.05, 0) is 25.1 Å². The second kappa shape index (κ2) is 7.74. The van der Waals surface area contributed by atoms with E-state index in [-0.39, 0.29) is 17.9 Å². The Morgan fingerprint density at radius 2 is 1.68 bits per heavy atom. The fourth-order valence-corrected chi connectivity index (χ4v) is 2.34. The van der Waals surface area contributed by atoms with Crippen LogP contribution in [0.5, 0.6) is 11.5 Å². The van der Waals surface area contributed by atoms with Crippen LogP contribution in [0.1, 0.15) is 22.8 Å². The van der Waals surface area contributed by atoms with Crippen molar-refractivity contribution >= 4 is 17.4 Å². The van der Waals surface area contributed by atoms with E-state index in [2.05, 4.69) is 10.1 Å². The summed E-state index contributed by atoms with van der Waals surface area (Å²) >= 11 is 0. The normalized spacial score (nSPS) is 10.3. The Hall–Kier alpha value is -2.96. The number of amides is 1. The van der Waals surface area contributed by atoms with E-state index in [1.807, 2.05) is 0 Å². The maximum atomic E-state index is 13.7. The van der Waals surface area contributed by atoms with Crippen molar-refractivity contribution in [2.45, 2.75) is 13.3 Å². The van der Waals surface area contributed by atoms with E-state index in [1.165, 1.54) is 14.0 Å². The molecule has 0 saturated heterocycles. The quantitative estimate of drug-likeness (QED) is 0.812. The molecule has 2 rings (SSSR count). The van der Waals surface area contributed by atoms with Crippen molar-refractivity contribution in [3.63, 3.8) is 0 Å². The summed E-state index contributed by atoms with van der Waals surface area (Å²) in [6.07, 6.45) is -0.125. The van der Waals surface area contributed by atoms with Crippen molar-refractivity contribution in [3.05, 3.63) is 53.1 Å². The predicted octanol–water partition coefficient (Wildman–Crippen LogP) is 3.37. The van der Waals surface area contributed by atoms with Crippen molar-refractivity contribution in [2.75, 3.05) is 19.5 Å². The van der Waals surface area contributed by atoms with Gasteiger partial charge >= 0.3 is 0 Å². The Kier molecular flexibility index (Phi) is 5.69. The van der Waals surface area contributed by atoms with Crippen LogP contribution < -0.4 is 14.8 Å². The Morgan fingerprint density at radius 3 is 2.20 bits per heavy atom. The largest absolute Gasteiger partial charge is 0.496 e. The number of nitrogens with one attached hydrogen (secondary N) is 1. The molecule has 0 aliphatic heterocycles. The zero-order chi connectivity index (χ0) is 18.6. The number of hydrogen-bond donors (Lipinski definition) is 1. The molecular formula is C18H17F2NO4. The Balaban J connectivity index is 2.20. The summed E-state index contributed by atoms with van der Waals surface area (Å²) in [6.45, 7) is 1.41. The third-order valence-electron chi connectivity index (χ3n) is 3.52. The fourth-order valence-electron chi connectivity index (χ4n) is 2.34. The number of ketones is 1. The van der Waals surface area contributed by atoms with Crippen LogP contribution in [-0.4, -0.2) is 25.9 Å². The van der Waals surface area contributed by atoms with Crippen molar-refractivity contribution in [1.82, 2.24) is 0 Å². The first kappa shape index (κ1) is 18.4. The van der Waals surface area contributed by atoms with E-state index in [9.17, 15) is 18.4 Å². The molecule has 2 aromatic rings. The number of hydrogen-bond acceptors (Lipinski definition) is 4. The zero-order valence-corrected chi connectivity index (χ0v) is 14.0. The summed E-state index contributed by atoms with van der Waals surface area (Å²) in [4.78, 5) is 23.7. The topological polar surface area (TPSA) is 64.6 Å². The summed E-state index contributed by atoms with van der Waals surface area (Å²) in [5.74, 6) is -2.59. The van der Waals surface area contributed by atoms with Crippen molar-refractivity contribution in [1.29, 1.82) is 0 Å². The number of carbonyl (C=O) groups excluding carboxylic acids is 2. The molecule has 0 radical (unpaired) electrons. The SMILES string of the molecule is COc1ccc(C(C)=O)cc1CC(=O)Nc1cc(F)c(OC)c(F)c1. The van der Waals surface area contributed by atoms with Crippen molar-refractivity contribution in [3.8, 4) is 11.5 Å². The Bertz CT molecular complexity index is 798. The first-order valence-electron chi connectivity index (χ1n) is 7.36. The first-order valence-corrected chi connectivity index (χ1v) is 7.36. The molecule has 0 bridgehead atoms. The summed E-state index contributed by atoms with van der Waals surface area (Å²) in [7, 11) is 2.59. The minimum Gasteiger partial charge on any atom is -0.496 e. The standard InChI is InChI=1S/C18H17F2NO4/c1-10(22)11-4-5-16(24-2)12(6-11)7-17(23)21-13-8-14(19)18(25-3)15(20)9-13/h4-6,8-9H,7H2,1-3H3,(H,21,23). The molecule has 1 amide bonds. The van der Waals surface area contributed by atoms with Crippen LogP contribution in [0.25, 0.3) is 0 Å². The number of methoxy groups -OCH3 is 2. The third-order valence-corrected chi connectivity index (χ3v) is 3.52. The molecule has 0 unspecified atom stereocenters. The molecule has 0 aromatic heterocycles. The van der Waals surface area contributed by atoms with Gasteiger partial charge in [0.15, 0.2) is 23.2 Å². The van der Waals surface area contributed by atoms with E-state index in [4.69, 9.17) is 4.74 Å². The average molecular weight is 349 g/mol. The van der Waals surface area contributed by atoms with Crippen LogP contribution in [0.15, 0.2) is 30.3 Å². The molecular weight excluding hydrogens is 332 g/mol. The van der Waals surface area contributed by atoms with Crippen LogP contribution in [0, 0.1) is 11.6 Å². The number of Topliss-reactive ketones (excluding diaryl/α,β-unsaturated/α-hetero) is 1. The average Bonchev–Trinajstić information content (AvgIpc) is 2.54. The maximum Gasteiger partial charge on any atom is 0.228 e. The van der Waals surface area contributed by atoms with E-state index >= 15 is 0 Å². The van der Waals surface area contributed by atoms with Crippen LogP contribution in [0.2, 0.25) is 0 Å². The highest BCUT2D eigenvalue weighted by atomic mass is 19.1. The summed E-state index contributed by atoms with van der Waals surface area (Å²) in [5.41, 5.74) is 0.884. The number of halogens is 2. The second-order valence-electron chi connectivity index (χ2n) is 5.28. The molecule has 1 N–H and O–H groups in total. The van der Waals surface area contributed by atoms with E-state index in [0.29, 0.717) is 16.9 Å². The van der Waals surface area contributed by atoms with Crippen LogP contribution >= 0.6 is 0 Å². The lowest BCUT2D eigenvalue weighted by molar-refractivity contribution is -0.115. The van der Waals surface area contributed by atoms with E-state index in [1.54, 1.807) is 18.2 Å². The maximum absolute atomic E-state index is 13.7. The summed E-state index contributed by atoms with van der Waals surface area (Å²) in [6, 6.07) is 6.66. The molecule has 0 spiro atoms. The van der Waals surface area contributed by atoms with Gasteiger partial charge in [-0.3, -0.25) is 9.59 Å². The van der Waals surface area contributed by atoms with Gasteiger partial charge in [-0.2, -0.15) is 0 Å². The molecule has 0 aliphatic carbocycles. The van der Waals surface area contributed by atoms with Gasteiger partial charge in [0.2, 0.25) is 5.91 Å². The predicted molar refractivity (Wildman–Crippen MR) is 88.2 cm³/mol. The summed E-state index contributed by atoms with van der Waals surface area (Å²) in [5, 5.41) is 2.41. The molecule has 0 atom stereocenters. The van der Waals surface area contributed by atoms with Gasteiger partial charge in [-0.15, -0.1) is 0 Å². The van der Waals surface area contributed by atoms with Crippen LogP contribution in [0.3, 0.4) is 0 Å². The highest BCUT2D eigenvalue weighted by molar-refractivity contribution is 5.96. The molecule has 0 aliphatic rings. The van der Waals surface area contributed by atoms with Gasteiger partial charge in [0.1, 0.15) is 5.75 Å². The number of rotatable bonds is 6. The Labute approximate surface area is 143 Å². The van der Waals surface area contributed by atoms with Crippen LogP contribution in [-0.2, 0) is 11.2 Å². The Morgan fingerprint density at radius 1 is 1.04 bits per heavy atom. The van der Waals surface area contributed by atoms with Crippen molar-refractivity contribution in [2.24, 2.45) is 0 Å². The minimum atomic E-state index is -0.922. The van der Waals surface area contributed by atoms with Gasteiger partial charge in [0.05, 0.1) is 20.6 Å². The fraction of sp³-hybridized carbons (Fsp3) is 0.222. The highest BCUT2D eigenvalue weighted by Gasteiger charge is 2.15. The highest BCUT2D eigenvalue weighted by Crippen LogP contribution is 2.26. The number of carbonyl (C=O) groups is 2. The lowest BCUT2D eigenvalue weighted by Crippen LogP contribution is -2.16. The van der Waals surface area contributed by atoms with Gasteiger partial charge in [0, 0.05) is 28.9 Å². The lowest BCUT2D eigenvalue weighted by atomic mass is 10.0. The molecule has 5 nitrogen and oxygen atoms in total. The molecule has 0 heterocycles. The van der Waals surface area contributed by atoms with Gasteiger partial charge in [-0.25, -0.2) is 8.78 Å². The molecule has 0 fully saturated rings. The molecule has 132 valence electrons. The lowest BCUT2D eigenvalue weighted by Gasteiger charge is -2.11. The molecule has 2 aromatic carbocycles. The van der Waals surface area contributed by atoms with Gasteiger partial charge in [0.25, 0.3) is 0 Å². The van der Waals surface area contributed by atoms with E-state index in [0.717, 1.165) is 19.2 Å². The zero-order valence-electron chi connectivity index (χ0n) is 14.0. The minimum absolute atomic E-state index is 0.0394. The first-order chi connectivity index (χ1) is 11.8. The van der Waals surface area contributed by atoms with E-state index < -0.39 is 23.3 Å². The third kappa shape index (κ3) is 4.32. The molecule has 0 saturated carbocycles. The monoisotopic (exact) mass is 349 g/mol. The number of anilines is 1. The number of ether oxygens (including phenoxy) is 2. The molecule has 25 heavy (non-hydrogen) atoms. The smallest absolute Gasteiger partial charge is 0.228 e. The van der Waals surface area contributed by atoms with Crippen LogP contribution in [0.4, 0.5) is 14.5 Å². The number of benzene rings is 2. The van der Waals surface area contributed by atoms with Gasteiger partial charge < -0.3 is 14.8 Å². The molecule has 7 heteroatoms. The second-order valence-corrected chi connectivity index (χ2v) is 5.28. The van der Waals surface area contributed by atoms with Gasteiger partial charge in [-0.1, -0.05) is 0 Å². The summed E-state index contributed by atoms with van der Waals surface area (Å²) < 4.78 is 37.1.